The lowest BCUT2D eigenvalue weighted by Gasteiger charge is -2.13. The van der Waals surface area contributed by atoms with Crippen LogP contribution in [0.2, 0.25) is 0 Å². The Kier molecular flexibility index (Phi) is 5.38. The number of ether oxygens (including phenoxy) is 1. The van der Waals surface area contributed by atoms with Crippen molar-refractivity contribution >= 4 is 26.9 Å². The summed E-state index contributed by atoms with van der Waals surface area (Å²) in [6, 6.07) is 16.5. The van der Waals surface area contributed by atoms with E-state index in [4.69, 9.17) is 9.88 Å². The zero-order valence-corrected chi connectivity index (χ0v) is 18.1. The van der Waals surface area contributed by atoms with Gasteiger partial charge in [-0.25, -0.2) is 23.5 Å². The number of H-pyrrole nitrogens is 1. The number of aromatic nitrogens is 3. The lowest BCUT2D eigenvalue weighted by molar-refractivity contribution is 0.120. The number of anilines is 1. The van der Waals surface area contributed by atoms with Crippen molar-refractivity contribution in [2.24, 2.45) is 5.14 Å². The highest BCUT2D eigenvalue weighted by atomic mass is 32.2. The van der Waals surface area contributed by atoms with Crippen LogP contribution in [0.25, 0.3) is 33.4 Å². The van der Waals surface area contributed by atoms with Crippen LogP contribution >= 0.6 is 0 Å². The first kappa shape index (κ1) is 20.6. The lowest BCUT2D eigenvalue weighted by atomic mass is 9.99. The summed E-state index contributed by atoms with van der Waals surface area (Å²) in [5.74, 6) is 0.730. The molecule has 32 heavy (non-hydrogen) atoms. The minimum Gasteiger partial charge on any atom is -0.376 e. The van der Waals surface area contributed by atoms with E-state index in [1.807, 2.05) is 30.3 Å². The number of aromatic amines is 1. The smallest absolute Gasteiger partial charge is 0.238 e. The summed E-state index contributed by atoms with van der Waals surface area (Å²) in [6.07, 6.45) is 3.80. The van der Waals surface area contributed by atoms with Crippen molar-refractivity contribution in [2.45, 2.75) is 23.8 Å². The molecule has 3 heterocycles. The Morgan fingerprint density at radius 3 is 2.53 bits per heavy atom. The van der Waals surface area contributed by atoms with E-state index in [1.165, 1.54) is 18.5 Å². The van der Waals surface area contributed by atoms with E-state index < -0.39 is 10.0 Å². The first-order valence-corrected chi connectivity index (χ1v) is 12.0. The summed E-state index contributed by atoms with van der Waals surface area (Å²) in [4.78, 5) is 12.4. The summed E-state index contributed by atoms with van der Waals surface area (Å²) < 4.78 is 29.1. The molecule has 8 nitrogen and oxygen atoms in total. The molecule has 1 saturated heterocycles. The first-order valence-electron chi connectivity index (χ1n) is 10.4. The maximum absolute atomic E-state index is 11.7. The van der Waals surface area contributed by atoms with E-state index in [0.717, 1.165) is 53.0 Å². The highest BCUT2D eigenvalue weighted by molar-refractivity contribution is 7.89. The van der Waals surface area contributed by atoms with Gasteiger partial charge in [0.15, 0.2) is 0 Å². The molecule has 4 aromatic rings. The molecule has 164 valence electrons. The molecule has 2 aromatic heterocycles. The van der Waals surface area contributed by atoms with Gasteiger partial charge < -0.3 is 15.0 Å². The molecule has 4 N–H and O–H groups in total. The molecule has 0 amide bonds. The summed E-state index contributed by atoms with van der Waals surface area (Å²) in [5, 5.41) is 9.58. The molecule has 0 spiro atoms. The first-order chi connectivity index (χ1) is 15.5. The third-order valence-electron chi connectivity index (χ3n) is 5.65. The summed E-state index contributed by atoms with van der Waals surface area (Å²) in [5.41, 5.74) is 4.28. The maximum atomic E-state index is 11.7. The second kappa shape index (κ2) is 8.34. The molecule has 0 unspecified atom stereocenters. The molecule has 1 fully saturated rings. The van der Waals surface area contributed by atoms with Crippen molar-refractivity contribution < 1.29 is 13.2 Å². The fourth-order valence-electron chi connectivity index (χ4n) is 4.09. The van der Waals surface area contributed by atoms with Gasteiger partial charge in [0.2, 0.25) is 10.0 Å². The Labute approximate surface area is 185 Å². The summed E-state index contributed by atoms with van der Waals surface area (Å²) in [6.45, 7) is 1.47. The van der Waals surface area contributed by atoms with Gasteiger partial charge in [0, 0.05) is 18.7 Å². The number of nitrogens with zero attached hydrogens (tertiary/aromatic N) is 2. The molecular formula is C23H23N5O3S. The van der Waals surface area contributed by atoms with Crippen LogP contribution in [0.5, 0.6) is 0 Å². The van der Waals surface area contributed by atoms with Crippen LogP contribution in [0.1, 0.15) is 12.8 Å². The molecule has 0 radical (unpaired) electrons. The SMILES string of the molecule is NS(=O)(=O)c1ccc(-c2[nH]c3ncnc(NC[C@@H]4CCCO4)c3c2-c2ccccc2)cc1. The van der Waals surface area contributed by atoms with Gasteiger partial charge >= 0.3 is 0 Å². The third kappa shape index (κ3) is 3.97. The molecule has 9 heteroatoms. The van der Waals surface area contributed by atoms with Crippen LogP contribution in [-0.4, -0.2) is 42.6 Å². The van der Waals surface area contributed by atoms with E-state index >= 15 is 0 Å². The van der Waals surface area contributed by atoms with Crippen molar-refractivity contribution in [3.8, 4) is 22.4 Å². The highest BCUT2D eigenvalue weighted by Crippen LogP contribution is 2.40. The topological polar surface area (TPSA) is 123 Å². The molecular weight excluding hydrogens is 426 g/mol. The van der Waals surface area contributed by atoms with Crippen LogP contribution in [0, 0.1) is 0 Å². The Bertz CT molecular complexity index is 1350. The van der Waals surface area contributed by atoms with Crippen LogP contribution in [-0.2, 0) is 14.8 Å². The number of nitrogens with one attached hydrogen (secondary N) is 2. The van der Waals surface area contributed by atoms with Gasteiger partial charge in [-0.1, -0.05) is 42.5 Å². The van der Waals surface area contributed by atoms with Crippen molar-refractivity contribution in [1.29, 1.82) is 0 Å². The van der Waals surface area contributed by atoms with Crippen LogP contribution in [0.15, 0.2) is 65.8 Å². The van der Waals surface area contributed by atoms with Gasteiger partial charge in [-0.2, -0.15) is 0 Å². The predicted octanol–water partition coefficient (Wildman–Crippen LogP) is 3.53. The molecule has 0 bridgehead atoms. The maximum Gasteiger partial charge on any atom is 0.238 e. The molecule has 2 aromatic carbocycles. The van der Waals surface area contributed by atoms with Gasteiger partial charge in [0.1, 0.15) is 17.8 Å². The summed E-state index contributed by atoms with van der Waals surface area (Å²) >= 11 is 0. The van der Waals surface area contributed by atoms with E-state index in [9.17, 15) is 8.42 Å². The Balaban J connectivity index is 1.65. The number of rotatable bonds is 6. The average molecular weight is 450 g/mol. The number of sulfonamides is 1. The molecule has 1 aliphatic heterocycles. The largest absolute Gasteiger partial charge is 0.376 e. The zero-order chi connectivity index (χ0) is 22.1. The summed E-state index contributed by atoms with van der Waals surface area (Å²) in [7, 11) is -3.77. The minimum atomic E-state index is -3.77. The quantitative estimate of drug-likeness (QED) is 0.414. The Morgan fingerprint density at radius 2 is 1.84 bits per heavy atom. The van der Waals surface area contributed by atoms with Gasteiger partial charge in [0.05, 0.1) is 22.1 Å². The monoisotopic (exact) mass is 449 g/mol. The van der Waals surface area contributed by atoms with Crippen LogP contribution in [0.4, 0.5) is 5.82 Å². The number of hydrogen-bond acceptors (Lipinski definition) is 6. The van der Waals surface area contributed by atoms with Crippen LogP contribution < -0.4 is 10.5 Å². The Hall–Kier alpha value is -3.27. The van der Waals surface area contributed by atoms with E-state index in [0.29, 0.717) is 12.2 Å². The molecule has 5 rings (SSSR count). The minimum absolute atomic E-state index is 0.0670. The van der Waals surface area contributed by atoms with Crippen molar-refractivity contribution in [1.82, 2.24) is 15.0 Å². The lowest BCUT2D eigenvalue weighted by Crippen LogP contribution is -2.19. The van der Waals surface area contributed by atoms with Gasteiger partial charge in [-0.15, -0.1) is 0 Å². The van der Waals surface area contributed by atoms with Crippen molar-refractivity contribution in [3.63, 3.8) is 0 Å². The van der Waals surface area contributed by atoms with E-state index in [2.05, 4.69) is 20.3 Å². The Morgan fingerprint density at radius 1 is 1.06 bits per heavy atom. The van der Waals surface area contributed by atoms with E-state index in [-0.39, 0.29) is 11.0 Å². The normalized spacial score (nSPS) is 16.5. The molecule has 0 aliphatic carbocycles. The number of primary sulfonamides is 1. The van der Waals surface area contributed by atoms with Crippen LogP contribution in [0.3, 0.4) is 0 Å². The predicted molar refractivity (Wildman–Crippen MR) is 124 cm³/mol. The second-order valence-corrected chi connectivity index (χ2v) is 9.33. The fraction of sp³-hybridized carbons (Fsp3) is 0.217. The number of benzene rings is 2. The third-order valence-corrected chi connectivity index (χ3v) is 6.58. The van der Waals surface area contributed by atoms with Gasteiger partial charge in [0.25, 0.3) is 0 Å². The number of nitrogens with two attached hydrogens (primary N) is 1. The number of fused-ring (bicyclic) bond motifs is 1. The molecule has 1 aliphatic rings. The average Bonchev–Trinajstić information content (AvgIpc) is 3.46. The highest BCUT2D eigenvalue weighted by Gasteiger charge is 2.21. The van der Waals surface area contributed by atoms with Crippen molar-refractivity contribution in [3.05, 3.63) is 60.9 Å². The van der Waals surface area contributed by atoms with E-state index in [1.54, 1.807) is 12.1 Å². The van der Waals surface area contributed by atoms with Gasteiger partial charge in [-0.3, -0.25) is 0 Å². The number of hydrogen-bond donors (Lipinski definition) is 3. The van der Waals surface area contributed by atoms with Gasteiger partial charge in [-0.05, 0) is 36.1 Å². The van der Waals surface area contributed by atoms with Crippen molar-refractivity contribution in [2.75, 3.05) is 18.5 Å². The second-order valence-electron chi connectivity index (χ2n) is 7.77. The standard InChI is InChI=1S/C23H23N5O3S/c24-32(29,30)18-10-8-16(9-11-18)21-19(15-5-2-1-3-6-15)20-22(26-14-27-23(20)28-21)25-13-17-7-4-12-31-17/h1-3,5-6,8-11,14,17H,4,7,12-13H2,(H2,24,29,30)(H2,25,26,27,28)/t17-/m0/s1. The fourth-order valence-corrected chi connectivity index (χ4v) is 4.61. The molecule has 1 atom stereocenters. The molecule has 0 saturated carbocycles. The zero-order valence-electron chi connectivity index (χ0n) is 17.3.